The molecule has 0 saturated carbocycles. The Balaban J connectivity index is 1.51. The predicted octanol–water partition coefficient (Wildman–Crippen LogP) is 3.05. The predicted molar refractivity (Wildman–Crippen MR) is 112 cm³/mol. The van der Waals surface area contributed by atoms with Crippen molar-refractivity contribution < 1.29 is 29.2 Å². The van der Waals surface area contributed by atoms with E-state index >= 15 is 0 Å². The minimum absolute atomic E-state index is 0.0301. The third kappa shape index (κ3) is 3.87. The van der Waals surface area contributed by atoms with Crippen LogP contribution in [0.4, 0.5) is 0 Å². The zero-order chi connectivity index (χ0) is 21.3. The van der Waals surface area contributed by atoms with Crippen molar-refractivity contribution in [1.82, 2.24) is 4.90 Å². The minimum Gasteiger partial charge on any atom is -0.504 e. The largest absolute Gasteiger partial charge is 0.504 e. The Morgan fingerprint density at radius 3 is 2.80 bits per heavy atom. The van der Waals surface area contributed by atoms with Gasteiger partial charge in [0.05, 0.1) is 20.3 Å². The Hall–Kier alpha value is -2.64. The molecule has 30 heavy (non-hydrogen) atoms. The van der Waals surface area contributed by atoms with E-state index in [0.29, 0.717) is 36.5 Å². The van der Waals surface area contributed by atoms with Gasteiger partial charge in [0.2, 0.25) is 12.5 Å². The minimum atomic E-state index is -0.488. The molecule has 162 valence electrons. The highest BCUT2D eigenvalue weighted by atomic mass is 16.7. The Morgan fingerprint density at radius 2 is 2.03 bits per heavy atom. The SMILES string of the molecule is COc1cc(CC[C@H](O)C[C@@H]2c3c(cc4c(c3OC)OCO4)CCN2C)ccc1O. The van der Waals surface area contributed by atoms with Crippen LogP contribution >= 0.6 is 0 Å². The second-order valence-corrected chi connectivity index (χ2v) is 7.90. The number of rotatable bonds is 7. The lowest BCUT2D eigenvalue weighted by Gasteiger charge is -2.37. The summed E-state index contributed by atoms with van der Waals surface area (Å²) in [5, 5.41) is 20.6. The number of phenolic OH excluding ortho intramolecular Hbond substituents is 1. The number of nitrogens with zero attached hydrogens (tertiary/aromatic N) is 1. The van der Waals surface area contributed by atoms with Gasteiger partial charge in [0.25, 0.3) is 0 Å². The third-order valence-corrected chi connectivity index (χ3v) is 6.05. The van der Waals surface area contributed by atoms with E-state index in [0.717, 1.165) is 29.8 Å². The molecule has 0 unspecified atom stereocenters. The van der Waals surface area contributed by atoms with E-state index in [2.05, 4.69) is 18.0 Å². The number of aryl methyl sites for hydroxylation is 1. The van der Waals surface area contributed by atoms with Gasteiger partial charge < -0.3 is 29.2 Å². The lowest BCUT2D eigenvalue weighted by molar-refractivity contribution is 0.101. The van der Waals surface area contributed by atoms with Crippen LogP contribution in [0, 0.1) is 0 Å². The number of likely N-dealkylation sites (N-methyl/N-ethyl adjacent to an activating group) is 1. The van der Waals surface area contributed by atoms with Gasteiger partial charge in [0.15, 0.2) is 23.0 Å². The van der Waals surface area contributed by atoms with Crippen molar-refractivity contribution in [2.75, 3.05) is 34.6 Å². The maximum Gasteiger partial charge on any atom is 0.231 e. The standard InChI is InChI=1S/C23H29NO6/c1-24-9-8-15-11-20-22(30-13-29-20)23(28-3)21(15)17(24)12-16(25)6-4-14-5-7-18(26)19(10-14)27-2/h5,7,10-11,16-17,25-26H,4,6,8-9,12-13H2,1-3H3/t16-,17+/m0/s1. The van der Waals surface area contributed by atoms with Gasteiger partial charge in [0.1, 0.15) is 0 Å². The van der Waals surface area contributed by atoms with Crippen molar-refractivity contribution in [3.05, 3.63) is 41.0 Å². The van der Waals surface area contributed by atoms with Gasteiger partial charge >= 0.3 is 0 Å². The number of phenols is 1. The molecule has 2 aliphatic heterocycles. The first-order valence-corrected chi connectivity index (χ1v) is 10.2. The van der Waals surface area contributed by atoms with Crippen LogP contribution in [-0.2, 0) is 12.8 Å². The lowest BCUT2D eigenvalue weighted by atomic mass is 9.87. The fourth-order valence-electron chi connectivity index (χ4n) is 4.41. The number of ether oxygens (including phenoxy) is 4. The molecule has 7 heteroatoms. The highest BCUT2D eigenvalue weighted by Crippen LogP contribution is 2.50. The Kier molecular flexibility index (Phi) is 5.92. The highest BCUT2D eigenvalue weighted by Gasteiger charge is 2.34. The summed E-state index contributed by atoms with van der Waals surface area (Å²) >= 11 is 0. The molecule has 0 amide bonds. The number of aliphatic hydroxyl groups excluding tert-OH is 1. The van der Waals surface area contributed by atoms with E-state index in [1.165, 1.54) is 12.7 Å². The van der Waals surface area contributed by atoms with Crippen LogP contribution in [-0.4, -0.2) is 55.8 Å². The average Bonchev–Trinajstić information content (AvgIpc) is 3.22. The topological polar surface area (TPSA) is 80.6 Å². The third-order valence-electron chi connectivity index (χ3n) is 6.05. The molecule has 0 spiro atoms. The first-order chi connectivity index (χ1) is 14.5. The number of fused-ring (bicyclic) bond motifs is 2. The molecule has 2 N–H and O–H groups in total. The van der Waals surface area contributed by atoms with Crippen LogP contribution in [0.5, 0.6) is 28.7 Å². The van der Waals surface area contributed by atoms with E-state index in [4.69, 9.17) is 18.9 Å². The summed E-state index contributed by atoms with van der Waals surface area (Å²) in [4.78, 5) is 2.26. The molecular formula is C23H29NO6. The van der Waals surface area contributed by atoms with Crippen molar-refractivity contribution in [2.45, 2.75) is 37.8 Å². The fourth-order valence-corrected chi connectivity index (χ4v) is 4.41. The smallest absolute Gasteiger partial charge is 0.231 e. The van der Waals surface area contributed by atoms with Crippen molar-refractivity contribution in [1.29, 1.82) is 0 Å². The summed E-state index contributed by atoms with van der Waals surface area (Å²) in [6.07, 6.45) is 2.31. The number of benzene rings is 2. The lowest BCUT2D eigenvalue weighted by Crippen LogP contribution is -2.34. The van der Waals surface area contributed by atoms with E-state index in [-0.39, 0.29) is 18.6 Å². The summed E-state index contributed by atoms with van der Waals surface area (Å²) in [7, 11) is 5.26. The molecule has 0 bridgehead atoms. The van der Waals surface area contributed by atoms with E-state index in [1.807, 2.05) is 12.1 Å². The molecule has 7 nitrogen and oxygen atoms in total. The maximum atomic E-state index is 10.8. The molecule has 2 aromatic rings. The Labute approximate surface area is 176 Å². The average molecular weight is 415 g/mol. The molecule has 0 saturated heterocycles. The first-order valence-electron chi connectivity index (χ1n) is 10.2. The van der Waals surface area contributed by atoms with Gasteiger partial charge in [-0.05, 0) is 62.1 Å². The zero-order valence-electron chi connectivity index (χ0n) is 17.7. The number of aromatic hydroxyl groups is 1. The number of aliphatic hydroxyl groups is 1. The molecule has 0 fully saturated rings. The molecule has 2 atom stereocenters. The van der Waals surface area contributed by atoms with Crippen molar-refractivity contribution >= 4 is 0 Å². The Morgan fingerprint density at radius 1 is 1.20 bits per heavy atom. The number of hydrogen-bond donors (Lipinski definition) is 2. The second kappa shape index (κ2) is 8.62. The van der Waals surface area contributed by atoms with Gasteiger partial charge in [0, 0.05) is 18.2 Å². The molecular weight excluding hydrogens is 386 g/mol. The van der Waals surface area contributed by atoms with Gasteiger partial charge in [-0.3, -0.25) is 4.90 Å². The highest BCUT2D eigenvalue weighted by molar-refractivity contribution is 5.61. The summed E-state index contributed by atoms with van der Waals surface area (Å²) in [5.74, 6) is 2.67. The quantitative estimate of drug-likeness (QED) is 0.719. The fraction of sp³-hybridized carbons (Fsp3) is 0.478. The second-order valence-electron chi connectivity index (χ2n) is 7.90. The van der Waals surface area contributed by atoms with Crippen LogP contribution in [0.2, 0.25) is 0 Å². The summed E-state index contributed by atoms with van der Waals surface area (Å²) in [5.41, 5.74) is 3.29. The summed E-state index contributed by atoms with van der Waals surface area (Å²) in [6.45, 7) is 1.11. The maximum absolute atomic E-state index is 10.8. The van der Waals surface area contributed by atoms with Gasteiger partial charge in [-0.25, -0.2) is 0 Å². The van der Waals surface area contributed by atoms with Gasteiger partial charge in [-0.1, -0.05) is 6.07 Å². The molecule has 0 radical (unpaired) electrons. The van der Waals surface area contributed by atoms with Crippen LogP contribution in [0.15, 0.2) is 24.3 Å². The van der Waals surface area contributed by atoms with E-state index in [1.54, 1.807) is 13.2 Å². The van der Waals surface area contributed by atoms with Crippen LogP contribution in [0.1, 0.15) is 35.6 Å². The van der Waals surface area contributed by atoms with Crippen LogP contribution in [0.3, 0.4) is 0 Å². The Bertz CT molecular complexity index is 915. The number of methoxy groups -OCH3 is 2. The van der Waals surface area contributed by atoms with Crippen LogP contribution < -0.4 is 18.9 Å². The van der Waals surface area contributed by atoms with E-state index < -0.39 is 6.10 Å². The molecule has 2 heterocycles. The number of hydrogen-bond acceptors (Lipinski definition) is 7. The normalized spacial score (nSPS) is 18.7. The summed E-state index contributed by atoms with van der Waals surface area (Å²) in [6, 6.07) is 7.38. The molecule has 0 aromatic heterocycles. The van der Waals surface area contributed by atoms with Crippen LogP contribution in [0.25, 0.3) is 0 Å². The first kappa shape index (κ1) is 20.6. The molecule has 2 aliphatic rings. The van der Waals surface area contributed by atoms with Gasteiger partial charge in [-0.15, -0.1) is 0 Å². The van der Waals surface area contributed by atoms with Crippen molar-refractivity contribution in [3.8, 4) is 28.7 Å². The molecule has 0 aliphatic carbocycles. The van der Waals surface area contributed by atoms with Gasteiger partial charge in [-0.2, -0.15) is 0 Å². The molecule has 2 aromatic carbocycles. The van der Waals surface area contributed by atoms with E-state index in [9.17, 15) is 10.2 Å². The molecule has 4 rings (SSSR count). The van der Waals surface area contributed by atoms with Crippen molar-refractivity contribution in [3.63, 3.8) is 0 Å². The zero-order valence-corrected chi connectivity index (χ0v) is 17.7. The van der Waals surface area contributed by atoms with Crippen molar-refractivity contribution in [2.24, 2.45) is 0 Å². The monoisotopic (exact) mass is 415 g/mol. The summed E-state index contributed by atoms with van der Waals surface area (Å²) < 4.78 is 22.1.